The third-order valence-electron chi connectivity index (χ3n) is 2.91. The zero-order chi connectivity index (χ0) is 10.5. The van der Waals surface area contributed by atoms with Crippen LogP contribution < -0.4 is 5.73 Å². The molecule has 0 saturated heterocycles. The Hall–Kier alpha value is -0.700. The predicted molar refractivity (Wildman–Crippen MR) is 66.0 cm³/mol. The Morgan fingerprint density at radius 1 is 1.20 bits per heavy atom. The zero-order valence-corrected chi connectivity index (χ0v) is 9.80. The Bertz CT molecular complexity index is 306. The summed E-state index contributed by atoms with van der Waals surface area (Å²) in [4.78, 5) is 5.22. The molecule has 0 spiro atoms. The molecule has 0 amide bonds. The van der Waals surface area contributed by atoms with Gasteiger partial charge in [0.05, 0.1) is 11.9 Å². The molecule has 1 aromatic rings. The summed E-state index contributed by atoms with van der Waals surface area (Å²) in [5.41, 5.74) is 6.72. The van der Waals surface area contributed by atoms with Crippen molar-refractivity contribution < 1.29 is 0 Å². The van der Waals surface area contributed by atoms with Gasteiger partial charge in [-0.2, -0.15) is 0 Å². The fourth-order valence-corrected chi connectivity index (χ4v) is 3.30. The Balaban J connectivity index is 1.98. The van der Waals surface area contributed by atoms with Gasteiger partial charge in [0.25, 0.3) is 0 Å². The maximum Gasteiger partial charge on any atom is 0.0638 e. The number of anilines is 1. The number of hydrogen-bond acceptors (Lipinski definition) is 3. The van der Waals surface area contributed by atoms with Gasteiger partial charge in [-0.1, -0.05) is 25.7 Å². The van der Waals surface area contributed by atoms with Gasteiger partial charge in [0, 0.05) is 16.3 Å². The molecule has 0 aliphatic heterocycles. The van der Waals surface area contributed by atoms with Crippen LogP contribution in [0.3, 0.4) is 0 Å². The van der Waals surface area contributed by atoms with Gasteiger partial charge >= 0.3 is 0 Å². The van der Waals surface area contributed by atoms with Gasteiger partial charge in [-0.05, 0) is 18.9 Å². The van der Waals surface area contributed by atoms with Gasteiger partial charge in [-0.3, -0.25) is 4.98 Å². The number of hydrogen-bond donors (Lipinski definition) is 1. The number of nitrogens with two attached hydrogens (primary N) is 1. The summed E-state index contributed by atoms with van der Waals surface area (Å²) in [7, 11) is 0. The lowest BCUT2D eigenvalue weighted by atomic mass is 10.2. The Morgan fingerprint density at radius 3 is 2.60 bits per heavy atom. The quantitative estimate of drug-likeness (QED) is 0.779. The molecule has 2 rings (SSSR count). The maximum absolute atomic E-state index is 5.89. The average Bonchev–Trinajstić information content (AvgIpc) is 2.50. The van der Waals surface area contributed by atoms with Crippen LogP contribution >= 0.6 is 11.8 Å². The molecule has 1 aliphatic carbocycles. The van der Waals surface area contributed by atoms with Crippen molar-refractivity contribution >= 4 is 17.4 Å². The Labute approximate surface area is 95.7 Å². The van der Waals surface area contributed by atoms with Crippen molar-refractivity contribution in [2.75, 3.05) is 5.73 Å². The maximum atomic E-state index is 5.89. The monoisotopic (exact) mass is 222 g/mol. The molecule has 0 bridgehead atoms. The van der Waals surface area contributed by atoms with E-state index >= 15 is 0 Å². The molecule has 0 atom stereocenters. The number of rotatable bonds is 2. The standard InChI is InChI=1S/C12H18N2S/c13-11-9-14-8-7-12(11)15-10-5-3-1-2-4-6-10/h7-10H,1-6,13H2. The molecule has 1 aliphatic rings. The topological polar surface area (TPSA) is 38.9 Å². The molecule has 2 nitrogen and oxygen atoms in total. The highest BCUT2D eigenvalue weighted by Crippen LogP contribution is 2.34. The fourth-order valence-electron chi connectivity index (χ4n) is 2.04. The normalized spacial score (nSPS) is 18.7. The molecule has 82 valence electrons. The first-order chi connectivity index (χ1) is 7.36. The van der Waals surface area contributed by atoms with Crippen molar-refractivity contribution in [3.05, 3.63) is 18.5 Å². The van der Waals surface area contributed by atoms with Crippen LogP contribution in [0.4, 0.5) is 5.69 Å². The molecule has 1 aromatic heterocycles. The molecule has 1 heterocycles. The van der Waals surface area contributed by atoms with Crippen molar-refractivity contribution in [3.63, 3.8) is 0 Å². The van der Waals surface area contributed by atoms with Gasteiger partial charge in [0.1, 0.15) is 0 Å². The van der Waals surface area contributed by atoms with Crippen LogP contribution in [0.25, 0.3) is 0 Å². The van der Waals surface area contributed by atoms with E-state index in [0.717, 1.165) is 10.9 Å². The van der Waals surface area contributed by atoms with Crippen molar-refractivity contribution in [3.8, 4) is 0 Å². The minimum absolute atomic E-state index is 0.761. The molecule has 0 aromatic carbocycles. The van der Waals surface area contributed by atoms with Crippen LogP contribution in [0.2, 0.25) is 0 Å². The molecule has 0 radical (unpaired) electrons. The van der Waals surface area contributed by atoms with Crippen molar-refractivity contribution in [1.82, 2.24) is 4.98 Å². The average molecular weight is 222 g/mol. The summed E-state index contributed by atoms with van der Waals surface area (Å²) in [6.07, 6.45) is 11.8. The van der Waals surface area contributed by atoms with E-state index in [1.54, 1.807) is 6.20 Å². The third kappa shape index (κ3) is 3.13. The van der Waals surface area contributed by atoms with Gasteiger partial charge in [-0.15, -0.1) is 11.8 Å². The van der Waals surface area contributed by atoms with Crippen LogP contribution in [-0.2, 0) is 0 Å². The lowest BCUT2D eigenvalue weighted by Gasteiger charge is -2.14. The molecule has 15 heavy (non-hydrogen) atoms. The summed E-state index contributed by atoms with van der Waals surface area (Å²) >= 11 is 1.94. The van der Waals surface area contributed by atoms with Crippen molar-refractivity contribution in [1.29, 1.82) is 0 Å². The van der Waals surface area contributed by atoms with E-state index in [2.05, 4.69) is 4.98 Å². The first kappa shape index (κ1) is 10.8. The van der Waals surface area contributed by atoms with Crippen LogP contribution in [0.1, 0.15) is 38.5 Å². The first-order valence-electron chi connectivity index (χ1n) is 5.72. The molecular formula is C12H18N2S. The number of nitrogens with zero attached hydrogens (tertiary/aromatic N) is 1. The zero-order valence-electron chi connectivity index (χ0n) is 8.98. The van der Waals surface area contributed by atoms with E-state index in [4.69, 9.17) is 5.73 Å². The van der Waals surface area contributed by atoms with E-state index in [1.165, 1.54) is 43.4 Å². The second kappa shape index (κ2) is 5.40. The summed E-state index contributed by atoms with van der Waals surface area (Å²) in [6, 6.07) is 2.03. The van der Waals surface area contributed by atoms with Crippen LogP contribution in [0.5, 0.6) is 0 Å². The molecular weight excluding hydrogens is 204 g/mol. The third-order valence-corrected chi connectivity index (χ3v) is 4.34. The van der Waals surface area contributed by atoms with Crippen molar-refractivity contribution in [2.45, 2.75) is 48.7 Å². The largest absolute Gasteiger partial charge is 0.397 e. The van der Waals surface area contributed by atoms with Crippen molar-refractivity contribution in [2.24, 2.45) is 0 Å². The molecule has 2 N–H and O–H groups in total. The Kier molecular flexibility index (Phi) is 3.89. The molecule has 3 heteroatoms. The smallest absolute Gasteiger partial charge is 0.0638 e. The summed E-state index contributed by atoms with van der Waals surface area (Å²) < 4.78 is 0. The second-order valence-corrected chi connectivity index (χ2v) is 5.49. The summed E-state index contributed by atoms with van der Waals surface area (Å²) in [5, 5.41) is 0.761. The highest BCUT2D eigenvalue weighted by Gasteiger charge is 2.14. The number of thioether (sulfide) groups is 1. The highest BCUT2D eigenvalue weighted by molar-refractivity contribution is 8.00. The van der Waals surface area contributed by atoms with E-state index in [0.29, 0.717) is 0 Å². The highest BCUT2D eigenvalue weighted by atomic mass is 32.2. The van der Waals surface area contributed by atoms with E-state index < -0.39 is 0 Å². The lowest BCUT2D eigenvalue weighted by molar-refractivity contribution is 0.702. The molecule has 0 unspecified atom stereocenters. The Morgan fingerprint density at radius 2 is 1.93 bits per heavy atom. The molecule has 1 saturated carbocycles. The van der Waals surface area contributed by atoms with Gasteiger partial charge in [0.2, 0.25) is 0 Å². The minimum atomic E-state index is 0.761. The van der Waals surface area contributed by atoms with Gasteiger partial charge in [0.15, 0.2) is 0 Å². The first-order valence-corrected chi connectivity index (χ1v) is 6.60. The van der Waals surface area contributed by atoms with Gasteiger partial charge < -0.3 is 5.73 Å². The predicted octanol–water partition coefficient (Wildman–Crippen LogP) is 3.48. The summed E-state index contributed by atoms with van der Waals surface area (Å²) in [5.74, 6) is 0. The second-order valence-electron chi connectivity index (χ2n) is 4.14. The fraction of sp³-hybridized carbons (Fsp3) is 0.583. The number of aromatic nitrogens is 1. The van der Waals surface area contributed by atoms with Crippen LogP contribution in [0.15, 0.2) is 23.4 Å². The number of nitrogen functional groups attached to an aromatic ring is 1. The van der Waals surface area contributed by atoms with Crippen LogP contribution in [-0.4, -0.2) is 10.2 Å². The number of pyridine rings is 1. The minimum Gasteiger partial charge on any atom is -0.397 e. The van der Waals surface area contributed by atoms with Crippen LogP contribution in [0, 0.1) is 0 Å². The SMILES string of the molecule is Nc1cnccc1SC1CCCCCC1. The van der Waals surface area contributed by atoms with E-state index in [1.807, 2.05) is 24.0 Å². The molecule has 1 fully saturated rings. The summed E-state index contributed by atoms with van der Waals surface area (Å²) in [6.45, 7) is 0. The van der Waals surface area contributed by atoms with E-state index in [-0.39, 0.29) is 0 Å². The van der Waals surface area contributed by atoms with Gasteiger partial charge in [-0.25, -0.2) is 0 Å². The lowest BCUT2D eigenvalue weighted by Crippen LogP contribution is -2.01. The van der Waals surface area contributed by atoms with E-state index in [9.17, 15) is 0 Å².